The van der Waals surface area contributed by atoms with E-state index >= 15 is 0 Å². The summed E-state index contributed by atoms with van der Waals surface area (Å²) in [5.41, 5.74) is 1.49. The van der Waals surface area contributed by atoms with Crippen LogP contribution in [0.3, 0.4) is 0 Å². The van der Waals surface area contributed by atoms with E-state index in [0.29, 0.717) is 44.5 Å². The monoisotopic (exact) mass is 456 g/mol. The maximum Gasteiger partial charge on any atom is 0.237 e. The van der Waals surface area contributed by atoms with E-state index in [1.54, 1.807) is 61.9 Å². The molecule has 8 nitrogen and oxygen atoms in total. The zero-order chi connectivity index (χ0) is 21.8. The van der Waals surface area contributed by atoms with Gasteiger partial charge in [0.2, 0.25) is 11.1 Å². The van der Waals surface area contributed by atoms with Crippen molar-refractivity contribution in [3.8, 4) is 28.7 Å². The average molecular weight is 457 g/mol. The summed E-state index contributed by atoms with van der Waals surface area (Å²) in [6.45, 7) is 1.75. The lowest BCUT2D eigenvalue weighted by atomic mass is 10.2. The van der Waals surface area contributed by atoms with Gasteiger partial charge in [0, 0.05) is 5.69 Å². The number of nitrogens with one attached hydrogen (secondary N) is 1. The molecule has 1 amide bonds. The predicted octanol–water partition coefficient (Wildman–Crippen LogP) is 5.17. The van der Waals surface area contributed by atoms with Crippen LogP contribution in [0, 0.1) is 0 Å². The maximum atomic E-state index is 12.6. The molecule has 1 unspecified atom stereocenters. The molecule has 31 heavy (non-hydrogen) atoms. The van der Waals surface area contributed by atoms with E-state index < -0.39 is 5.25 Å². The van der Waals surface area contributed by atoms with Crippen LogP contribution in [-0.2, 0) is 4.79 Å². The highest BCUT2D eigenvalue weighted by Crippen LogP contribution is 2.32. The summed E-state index contributed by atoms with van der Waals surface area (Å²) in [6.07, 6.45) is 3.09. The molecule has 0 saturated heterocycles. The number of nitrogens with zero attached hydrogens (tertiary/aromatic N) is 3. The number of hydrogen-bond acceptors (Lipinski definition) is 8. The number of carbonyl (C=O) groups excluding carboxylic acids is 1. The normalized spacial score (nSPS) is 11.8. The number of halogens is 1. The number of thioether (sulfide) groups is 1. The zero-order valence-corrected chi connectivity index (χ0v) is 18.1. The fourth-order valence-electron chi connectivity index (χ4n) is 2.73. The molecule has 0 bridgehead atoms. The second-order valence-corrected chi connectivity index (χ2v) is 8.06. The lowest BCUT2D eigenvalue weighted by Gasteiger charge is -2.12. The molecule has 0 saturated carbocycles. The van der Waals surface area contributed by atoms with Crippen LogP contribution >= 0.6 is 23.4 Å². The van der Waals surface area contributed by atoms with Gasteiger partial charge in [-0.05, 0) is 49.4 Å². The Bertz CT molecular complexity index is 1180. The predicted molar refractivity (Wildman–Crippen MR) is 117 cm³/mol. The van der Waals surface area contributed by atoms with Crippen LogP contribution in [-0.4, -0.2) is 33.4 Å². The lowest BCUT2D eigenvalue weighted by molar-refractivity contribution is -0.115. The first-order valence-electron chi connectivity index (χ1n) is 9.18. The van der Waals surface area contributed by atoms with Crippen molar-refractivity contribution < 1.29 is 18.4 Å². The molecule has 1 atom stereocenters. The highest BCUT2D eigenvalue weighted by atomic mass is 35.5. The van der Waals surface area contributed by atoms with Crippen molar-refractivity contribution in [1.82, 2.24) is 15.2 Å². The molecule has 1 aromatic carbocycles. The number of anilines is 1. The minimum atomic E-state index is -0.499. The standard InChI is InChI=1S/C21H17ClN4O4S/c1-12(20(27)23-13-7-8-15(28-2)14(22)11-13)31-21-24-18(16-5-3-9-29-16)19(25-26-21)17-6-4-10-30-17/h3-12H,1-2H3,(H,23,27). The third-order valence-corrected chi connectivity index (χ3v) is 5.49. The van der Waals surface area contributed by atoms with Crippen molar-refractivity contribution in [3.05, 3.63) is 60.0 Å². The van der Waals surface area contributed by atoms with Gasteiger partial charge in [0.1, 0.15) is 11.4 Å². The summed E-state index contributed by atoms with van der Waals surface area (Å²) in [6, 6.07) is 12.1. The molecule has 0 radical (unpaired) electrons. The number of ether oxygens (including phenoxy) is 1. The summed E-state index contributed by atoms with van der Waals surface area (Å²) in [7, 11) is 1.53. The zero-order valence-electron chi connectivity index (χ0n) is 16.5. The maximum absolute atomic E-state index is 12.6. The van der Waals surface area contributed by atoms with Crippen LogP contribution in [0.5, 0.6) is 5.75 Å². The number of furan rings is 2. The molecule has 4 aromatic rings. The largest absolute Gasteiger partial charge is 0.495 e. The van der Waals surface area contributed by atoms with Gasteiger partial charge in [-0.15, -0.1) is 10.2 Å². The van der Waals surface area contributed by atoms with Crippen molar-refractivity contribution in [2.75, 3.05) is 12.4 Å². The van der Waals surface area contributed by atoms with Gasteiger partial charge >= 0.3 is 0 Å². The number of hydrogen-bond donors (Lipinski definition) is 1. The van der Waals surface area contributed by atoms with Crippen molar-refractivity contribution in [3.63, 3.8) is 0 Å². The number of methoxy groups -OCH3 is 1. The van der Waals surface area contributed by atoms with Gasteiger partial charge in [0.15, 0.2) is 17.2 Å². The van der Waals surface area contributed by atoms with Crippen molar-refractivity contribution in [2.24, 2.45) is 0 Å². The van der Waals surface area contributed by atoms with E-state index in [9.17, 15) is 4.79 Å². The molecule has 0 aliphatic heterocycles. The third-order valence-electron chi connectivity index (χ3n) is 4.25. The quantitative estimate of drug-likeness (QED) is 0.380. The number of amides is 1. The van der Waals surface area contributed by atoms with Gasteiger partial charge in [0.05, 0.1) is 29.9 Å². The molecular formula is C21H17ClN4O4S. The second kappa shape index (κ2) is 9.23. The molecular weight excluding hydrogens is 440 g/mol. The molecule has 3 aromatic heterocycles. The van der Waals surface area contributed by atoms with Crippen molar-refractivity contribution in [1.29, 1.82) is 0 Å². The number of carbonyl (C=O) groups is 1. The molecule has 0 fully saturated rings. The molecule has 3 heterocycles. The van der Waals surface area contributed by atoms with Crippen molar-refractivity contribution >= 4 is 35.0 Å². The Morgan fingerprint density at radius 1 is 1.10 bits per heavy atom. The summed E-state index contributed by atoms with van der Waals surface area (Å²) >= 11 is 7.29. The number of benzene rings is 1. The smallest absolute Gasteiger partial charge is 0.237 e. The highest BCUT2D eigenvalue weighted by molar-refractivity contribution is 8.00. The first kappa shape index (κ1) is 21.0. The van der Waals surface area contributed by atoms with Gasteiger partial charge in [-0.2, -0.15) is 0 Å². The van der Waals surface area contributed by atoms with E-state index in [-0.39, 0.29) is 5.91 Å². The highest BCUT2D eigenvalue weighted by Gasteiger charge is 2.21. The molecule has 4 rings (SSSR count). The van der Waals surface area contributed by atoms with E-state index in [1.807, 2.05) is 0 Å². The van der Waals surface area contributed by atoms with Crippen LogP contribution in [0.4, 0.5) is 5.69 Å². The van der Waals surface area contributed by atoms with Gasteiger partial charge in [-0.3, -0.25) is 4.79 Å². The molecule has 0 aliphatic rings. The Balaban J connectivity index is 1.53. The van der Waals surface area contributed by atoms with E-state index in [0.717, 1.165) is 0 Å². The minimum Gasteiger partial charge on any atom is -0.495 e. The molecule has 0 aliphatic carbocycles. The average Bonchev–Trinajstić information content (AvgIpc) is 3.48. The first-order chi connectivity index (χ1) is 15.0. The van der Waals surface area contributed by atoms with Crippen molar-refractivity contribution in [2.45, 2.75) is 17.3 Å². The van der Waals surface area contributed by atoms with Crippen LogP contribution in [0.25, 0.3) is 22.9 Å². The molecule has 158 valence electrons. The third kappa shape index (κ3) is 4.73. The number of rotatable bonds is 7. The first-order valence-corrected chi connectivity index (χ1v) is 10.4. The molecule has 10 heteroatoms. The van der Waals surface area contributed by atoms with Crippen LogP contribution in [0.2, 0.25) is 5.02 Å². The summed E-state index contributed by atoms with van der Waals surface area (Å²) in [5.74, 6) is 1.34. The Labute approximate surface area is 187 Å². The van der Waals surface area contributed by atoms with Crippen LogP contribution < -0.4 is 10.1 Å². The summed E-state index contributed by atoms with van der Waals surface area (Å²) < 4.78 is 16.0. The summed E-state index contributed by atoms with van der Waals surface area (Å²) in [4.78, 5) is 17.2. The second-order valence-electron chi connectivity index (χ2n) is 6.34. The van der Waals surface area contributed by atoms with Gasteiger partial charge in [-0.25, -0.2) is 4.98 Å². The Morgan fingerprint density at radius 3 is 2.42 bits per heavy atom. The van der Waals surface area contributed by atoms with Crippen LogP contribution in [0.1, 0.15) is 6.92 Å². The van der Waals surface area contributed by atoms with E-state index in [4.69, 9.17) is 25.2 Å². The topological polar surface area (TPSA) is 103 Å². The Kier molecular flexibility index (Phi) is 6.24. The summed E-state index contributed by atoms with van der Waals surface area (Å²) in [5, 5.41) is 11.5. The molecule has 1 N–H and O–H groups in total. The molecule has 0 spiro atoms. The van der Waals surface area contributed by atoms with E-state index in [1.165, 1.54) is 18.9 Å². The SMILES string of the molecule is COc1ccc(NC(=O)C(C)Sc2nnc(-c3ccco3)c(-c3ccco3)n2)cc1Cl. The number of aromatic nitrogens is 3. The minimum absolute atomic E-state index is 0.232. The van der Waals surface area contributed by atoms with Gasteiger partial charge in [0.25, 0.3) is 0 Å². The van der Waals surface area contributed by atoms with Gasteiger partial charge in [-0.1, -0.05) is 23.4 Å². The van der Waals surface area contributed by atoms with Gasteiger partial charge < -0.3 is 18.9 Å². The lowest BCUT2D eigenvalue weighted by Crippen LogP contribution is -2.22. The van der Waals surface area contributed by atoms with E-state index in [2.05, 4.69) is 20.5 Å². The fourth-order valence-corrected chi connectivity index (χ4v) is 3.70. The van der Waals surface area contributed by atoms with Crippen LogP contribution in [0.15, 0.2) is 69.0 Å². The Hall–Kier alpha value is -3.30. The Morgan fingerprint density at radius 2 is 1.81 bits per heavy atom. The fraction of sp³-hybridized carbons (Fsp3) is 0.143.